The zero-order valence-corrected chi connectivity index (χ0v) is 16.9. The van der Waals surface area contributed by atoms with Crippen LogP contribution < -0.4 is 5.32 Å². The molecule has 0 aliphatic carbocycles. The topological polar surface area (TPSA) is 81.9 Å². The minimum atomic E-state index is -1.64. The van der Waals surface area contributed by atoms with Crippen LogP contribution in [0.2, 0.25) is 0 Å². The van der Waals surface area contributed by atoms with E-state index in [1.54, 1.807) is 43.1 Å². The first kappa shape index (κ1) is 21.8. The van der Waals surface area contributed by atoms with Gasteiger partial charge in [0, 0.05) is 25.1 Å². The number of pyridine rings is 1. The maximum atomic E-state index is 13.8. The molecule has 158 valence electrons. The molecule has 0 spiro atoms. The van der Waals surface area contributed by atoms with Crippen LogP contribution in [0.5, 0.6) is 0 Å². The Kier molecular flexibility index (Phi) is 7.06. The summed E-state index contributed by atoms with van der Waals surface area (Å²) in [4.78, 5) is 16.4. The number of halogens is 3. The van der Waals surface area contributed by atoms with Gasteiger partial charge in [-0.2, -0.15) is 0 Å². The van der Waals surface area contributed by atoms with Gasteiger partial charge in [-0.15, -0.1) is 10.2 Å². The van der Waals surface area contributed by atoms with E-state index in [2.05, 4.69) is 20.5 Å². The van der Waals surface area contributed by atoms with Crippen molar-refractivity contribution >= 4 is 23.4 Å². The number of aromatic nitrogens is 4. The van der Waals surface area contributed by atoms with Gasteiger partial charge in [0.1, 0.15) is 0 Å². The number of ether oxygens (including phenoxy) is 1. The van der Waals surface area contributed by atoms with E-state index < -0.39 is 34.3 Å². The molecule has 0 saturated heterocycles. The molecular weight excluding hydrogens is 419 g/mol. The van der Waals surface area contributed by atoms with Gasteiger partial charge in [0.25, 0.3) is 0 Å². The highest BCUT2D eigenvalue weighted by Gasteiger charge is 2.23. The van der Waals surface area contributed by atoms with Crippen molar-refractivity contribution in [2.24, 2.45) is 0 Å². The quantitative estimate of drug-likeness (QED) is 0.429. The Balaban J connectivity index is 1.79. The van der Waals surface area contributed by atoms with Crippen molar-refractivity contribution in [3.05, 3.63) is 54.1 Å². The average molecular weight is 437 g/mol. The number of thioether (sulfide) groups is 1. The summed E-state index contributed by atoms with van der Waals surface area (Å²) in [7, 11) is 1.57. The van der Waals surface area contributed by atoms with Crippen molar-refractivity contribution in [2.75, 3.05) is 19.0 Å². The smallest absolute Gasteiger partial charge is 0.237 e. The second-order valence-electron chi connectivity index (χ2n) is 6.16. The number of nitrogens with zero attached hydrogens (tertiary/aromatic N) is 4. The molecule has 2 aromatic heterocycles. The van der Waals surface area contributed by atoms with E-state index in [1.807, 2.05) is 0 Å². The lowest BCUT2D eigenvalue weighted by Crippen LogP contribution is -2.24. The number of carbonyl (C=O) groups excluding carboxylic acids is 1. The number of hydrogen-bond donors (Lipinski definition) is 1. The standard InChI is InChI=1S/C19H18F3N5O2S/c1-11(18(28)24-14-4-3-13(20)15(21)16(14)22)30-19-26-25-17(27(19)9-10-29-2)12-5-7-23-8-6-12/h3-8,11H,9-10H2,1-2H3,(H,24,28). The van der Waals surface area contributed by atoms with Gasteiger partial charge >= 0.3 is 0 Å². The summed E-state index contributed by atoms with van der Waals surface area (Å²) in [5.41, 5.74) is 0.353. The molecular formula is C19H18F3N5O2S. The third-order valence-corrected chi connectivity index (χ3v) is 5.20. The van der Waals surface area contributed by atoms with E-state index in [9.17, 15) is 18.0 Å². The fourth-order valence-electron chi connectivity index (χ4n) is 2.54. The molecule has 7 nitrogen and oxygen atoms in total. The predicted octanol–water partition coefficient (Wildman–Crippen LogP) is 3.52. The number of nitrogens with one attached hydrogen (secondary N) is 1. The molecule has 1 unspecified atom stereocenters. The van der Waals surface area contributed by atoms with Crippen LogP contribution in [0.1, 0.15) is 6.92 Å². The van der Waals surface area contributed by atoms with Gasteiger partial charge < -0.3 is 10.1 Å². The van der Waals surface area contributed by atoms with Crippen molar-refractivity contribution in [3.8, 4) is 11.4 Å². The van der Waals surface area contributed by atoms with E-state index in [0.29, 0.717) is 24.1 Å². The van der Waals surface area contributed by atoms with Crippen molar-refractivity contribution in [1.29, 1.82) is 0 Å². The summed E-state index contributed by atoms with van der Waals surface area (Å²) in [5, 5.41) is 10.3. The zero-order valence-electron chi connectivity index (χ0n) is 16.1. The Hall–Kier alpha value is -2.92. The Morgan fingerprint density at radius 3 is 2.60 bits per heavy atom. The van der Waals surface area contributed by atoms with Crippen molar-refractivity contribution in [3.63, 3.8) is 0 Å². The normalized spacial score (nSPS) is 12.0. The lowest BCUT2D eigenvalue weighted by atomic mass is 10.2. The van der Waals surface area contributed by atoms with Crippen LogP contribution in [0.25, 0.3) is 11.4 Å². The average Bonchev–Trinajstić information content (AvgIpc) is 3.15. The molecule has 0 aliphatic rings. The summed E-state index contributed by atoms with van der Waals surface area (Å²) in [5.74, 6) is -4.45. The van der Waals surface area contributed by atoms with Gasteiger partial charge in [0.05, 0.1) is 24.1 Å². The SMILES string of the molecule is COCCn1c(SC(C)C(=O)Nc2ccc(F)c(F)c2F)nnc1-c1ccncc1. The second kappa shape index (κ2) is 9.72. The molecule has 0 saturated carbocycles. The highest BCUT2D eigenvalue weighted by Crippen LogP contribution is 2.28. The molecule has 0 aliphatic heterocycles. The lowest BCUT2D eigenvalue weighted by molar-refractivity contribution is -0.115. The number of carbonyl (C=O) groups is 1. The Bertz CT molecular complexity index is 1030. The number of methoxy groups -OCH3 is 1. The zero-order chi connectivity index (χ0) is 21.7. The summed E-state index contributed by atoms with van der Waals surface area (Å²) in [6.07, 6.45) is 3.26. The van der Waals surface area contributed by atoms with E-state index in [4.69, 9.17) is 4.74 Å². The van der Waals surface area contributed by atoms with Crippen LogP contribution in [-0.4, -0.2) is 44.6 Å². The van der Waals surface area contributed by atoms with Crippen LogP contribution in [0.4, 0.5) is 18.9 Å². The van der Waals surface area contributed by atoms with Gasteiger partial charge in [-0.05, 0) is 31.2 Å². The molecule has 0 radical (unpaired) electrons. The summed E-state index contributed by atoms with van der Waals surface area (Å²) in [6.45, 7) is 2.42. The van der Waals surface area contributed by atoms with Crippen molar-refractivity contribution in [2.45, 2.75) is 23.9 Å². The molecule has 0 bridgehead atoms. The fourth-order valence-corrected chi connectivity index (χ4v) is 3.42. The maximum absolute atomic E-state index is 13.8. The number of anilines is 1. The van der Waals surface area contributed by atoms with Crippen LogP contribution in [0, 0.1) is 17.5 Å². The third kappa shape index (κ3) is 4.79. The molecule has 2 heterocycles. The highest BCUT2D eigenvalue weighted by atomic mass is 32.2. The molecule has 1 amide bonds. The largest absolute Gasteiger partial charge is 0.383 e. The van der Waals surface area contributed by atoms with Crippen LogP contribution >= 0.6 is 11.8 Å². The van der Waals surface area contributed by atoms with Crippen LogP contribution in [0.15, 0.2) is 41.8 Å². The summed E-state index contributed by atoms with van der Waals surface area (Å²) >= 11 is 1.09. The van der Waals surface area contributed by atoms with Gasteiger partial charge in [-0.1, -0.05) is 11.8 Å². The Labute approximate surface area is 174 Å². The van der Waals surface area contributed by atoms with Gasteiger partial charge in [0.15, 0.2) is 28.4 Å². The first-order chi connectivity index (χ1) is 14.4. The molecule has 1 N–H and O–H groups in total. The molecule has 30 heavy (non-hydrogen) atoms. The monoisotopic (exact) mass is 437 g/mol. The first-order valence-corrected chi connectivity index (χ1v) is 9.74. The molecule has 3 rings (SSSR count). The van der Waals surface area contributed by atoms with Gasteiger partial charge in [-0.25, -0.2) is 13.2 Å². The molecule has 0 fully saturated rings. The number of benzene rings is 1. The van der Waals surface area contributed by atoms with Crippen molar-refractivity contribution < 1.29 is 22.7 Å². The van der Waals surface area contributed by atoms with E-state index >= 15 is 0 Å². The van der Waals surface area contributed by atoms with Gasteiger partial charge in [0.2, 0.25) is 5.91 Å². The lowest BCUT2D eigenvalue weighted by Gasteiger charge is -2.14. The molecule has 3 aromatic rings. The van der Waals surface area contributed by atoms with Gasteiger partial charge in [-0.3, -0.25) is 14.3 Å². The number of rotatable bonds is 8. The highest BCUT2D eigenvalue weighted by molar-refractivity contribution is 8.00. The van der Waals surface area contributed by atoms with Crippen LogP contribution in [-0.2, 0) is 16.1 Å². The first-order valence-electron chi connectivity index (χ1n) is 8.86. The minimum absolute atomic E-state index is 0.393. The van der Waals surface area contributed by atoms with Crippen molar-refractivity contribution in [1.82, 2.24) is 19.7 Å². The van der Waals surface area contributed by atoms with E-state index in [1.165, 1.54) is 0 Å². The molecule has 1 atom stereocenters. The third-order valence-electron chi connectivity index (χ3n) is 4.12. The summed E-state index contributed by atoms with van der Waals surface area (Å²) < 4.78 is 47.2. The predicted molar refractivity (Wildman–Crippen MR) is 105 cm³/mol. The molecule has 11 heteroatoms. The second-order valence-corrected chi connectivity index (χ2v) is 7.47. The Morgan fingerprint density at radius 1 is 1.17 bits per heavy atom. The summed E-state index contributed by atoms with van der Waals surface area (Å²) in [6, 6.07) is 5.27. The maximum Gasteiger partial charge on any atom is 0.237 e. The molecule has 1 aromatic carbocycles. The number of amides is 1. The van der Waals surface area contributed by atoms with E-state index in [0.717, 1.165) is 29.5 Å². The minimum Gasteiger partial charge on any atom is -0.383 e. The number of hydrogen-bond acceptors (Lipinski definition) is 6. The van der Waals surface area contributed by atoms with Crippen LogP contribution in [0.3, 0.4) is 0 Å². The fraction of sp³-hybridized carbons (Fsp3) is 0.263. The Morgan fingerprint density at radius 2 is 1.90 bits per heavy atom. The van der Waals surface area contributed by atoms with E-state index in [-0.39, 0.29) is 0 Å².